The summed E-state index contributed by atoms with van der Waals surface area (Å²) in [5, 5.41) is 27.4. The smallest absolute Gasteiger partial charge is 0.399 e. The predicted molar refractivity (Wildman–Crippen MR) is 157 cm³/mol. The van der Waals surface area contributed by atoms with Gasteiger partial charge in [0.1, 0.15) is 43.4 Å². The van der Waals surface area contributed by atoms with Crippen molar-refractivity contribution in [1.82, 2.24) is 24.8 Å². The van der Waals surface area contributed by atoms with E-state index in [1.165, 1.54) is 21.0 Å². The quantitative estimate of drug-likeness (QED) is 0.0566. The van der Waals surface area contributed by atoms with Gasteiger partial charge in [-0.05, 0) is 6.92 Å². The third-order valence-electron chi connectivity index (χ3n) is 6.46. The summed E-state index contributed by atoms with van der Waals surface area (Å²) >= 11 is 0. The van der Waals surface area contributed by atoms with Crippen molar-refractivity contribution in [3.05, 3.63) is 12.7 Å². The highest BCUT2D eigenvalue weighted by atomic mass is 31.3. The van der Waals surface area contributed by atoms with Crippen molar-refractivity contribution in [3.63, 3.8) is 0 Å². The molecule has 2 aromatic heterocycles. The molecule has 7 atom stereocenters. The maximum absolute atomic E-state index is 12.6. The molecule has 266 valence electrons. The number of oxime groups is 1. The van der Waals surface area contributed by atoms with Crippen molar-refractivity contribution < 1.29 is 75.7 Å². The molecule has 2 aromatic rings. The predicted octanol–water partition coefficient (Wildman–Crippen LogP) is -0.689. The zero-order valence-electron chi connectivity index (χ0n) is 25.3. The zero-order valence-corrected chi connectivity index (χ0v) is 28.0. The minimum absolute atomic E-state index is 0.0291. The van der Waals surface area contributed by atoms with E-state index in [2.05, 4.69) is 39.1 Å². The van der Waals surface area contributed by atoms with Crippen LogP contribution in [0.2, 0.25) is 0 Å². The largest absolute Gasteiger partial charge is 0.481 e. The fraction of sp³-hybridized carbons (Fsp3) is 0.667. The minimum atomic E-state index is -5.51. The van der Waals surface area contributed by atoms with E-state index in [1.807, 2.05) is 0 Å². The van der Waals surface area contributed by atoms with Gasteiger partial charge in [0, 0.05) is 18.4 Å². The van der Waals surface area contributed by atoms with Gasteiger partial charge in [-0.3, -0.25) is 22.9 Å². The lowest BCUT2D eigenvalue weighted by Gasteiger charge is -2.30. The number of hydrogen-bond donors (Lipinski definition) is 8. The molecule has 1 aliphatic rings. The van der Waals surface area contributed by atoms with E-state index in [9.17, 15) is 48.3 Å². The van der Waals surface area contributed by atoms with Crippen molar-refractivity contribution in [2.24, 2.45) is 10.6 Å². The number of fused-ring (bicyclic) bond motifs is 1. The number of nitrogens with zero attached hydrogens (tertiary/aromatic N) is 5. The van der Waals surface area contributed by atoms with Gasteiger partial charge in [0.2, 0.25) is 5.91 Å². The summed E-state index contributed by atoms with van der Waals surface area (Å²) in [6.07, 6.45) is -6.20. The summed E-state index contributed by atoms with van der Waals surface area (Å²) < 4.78 is 61.8. The molecule has 0 aromatic carbocycles. The molecule has 7 unspecified atom stereocenters. The van der Waals surface area contributed by atoms with Gasteiger partial charge < -0.3 is 50.4 Å². The average molecular weight is 735 g/mol. The Morgan fingerprint density at radius 1 is 1.17 bits per heavy atom. The molecule has 0 aliphatic carbocycles. The number of phosphoric acid groups is 3. The van der Waals surface area contributed by atoms with Crippen LogP contribution in [0.3, 0.4) is 0 Å². The summed E-state index contributed by atoms with van der Waals surface area (Å²) in [7, 11) is -14.9. The second-order valence-corrected chi connectivity index (χ2v) is 15.0. The van der Waals surface area contributed by atoms with Crippen molar-refractivity contribution in [1.29, 1.82) is 0 Å². The van der Waals surface area contributed by atoms with Crippen molar-refractivity contribution >= 4 is 52.1 Å². The van der Waals surface area contributed by atoms with Crippen LogP contribution in [-0.4, -0.2) is 112 Å². The standard InChI is InChI=1S/C21H36N7O16P3/c1-11(27-39-4)5-6-23-19(31)16(30)21(2,3)8-41-47(37,38)44-46(35,36)40-7-12-15(43-45(32,33)34)14(29)20(42-12)28-10-26-13-17(22)24-9-25-18(13)28/h9-10,12,14-16,20,29-30H,5-8H2,1-4H3,(H,23,31)(H,35,36)(H,37,38)(H2,22,24,25)(H2,32,33,34)/b27-11+. The molecule has 1 fully saturated rings. The van der Waals surface area contributed by atoms with E-state index >= 15 is 0 Å². The Kier molecular flexibility index (Phi) is 12.8. The van der Waals surface area contributed by atoms with Gasteiger partial charge in [0.05, 0.1) is 25.3 Å². The Morgan fingerprint density at radius 2 is 1.83 bits per heavy atom. The van der Waals surface area contributed by atoms with Gasteiger partial charge in [-0.25, -0.2) is 28.6 Å². The topological polar surface area (TPSA) is 339 Å². The molecule has 0 saturated carbocycles. The van der Waals surface area contributed by atoms with E-state index in [-0.39, 0.29) is 23.5 Å². The molecule has 0 radical (unpaired) electrons. The number of anilines is 1. The Labute approximate surface area is 266 Å². The van der Waals surface area contributed by atoms with Crippen molar-refractivity contribution in [2.75, 3.05) is 32.6 Å². The number of hydrogen-bond acceptors (Lipinski definition) is 17. The van der Waals surface area contributed by atoms with Crippen LogP contribution in [0.25, 0.3) is 11.2 Å². The van der Waals surface area contributed by atoms with Crippen molar-refractivity contribution in [2.45, 2.75) is 57.8 Å². The number of aliphatic hydroxyl groups is 2. The molecule has 9 N–H and O–H groups in total. The van der Waals surface area contributed by atoms with E-state index < -0.39 is 78.6 Å². The fourth-order valence-corrected chi connectivity index (χ4v) is 6.95. The van der Waals surface area contributed by atoms with Crippen LogP contribution in [0.1, 0.15) is 33.4 Å². The van der Waals surface area contributed by atoms with Crippen molar-refractivity contribution in [3.8, 4) is 0 Å². The highest BCUT2D eigenvalue weighted by Crippen LogP contribution is 2.61. The Bertz CT molecular complexity index is 1580. The van der Waals surface area contributed by atoms with E-state index in [1.54, 1.807) is 6.92 Å². The highest BCUT2D eigenvalue weighted by Gasteiger charge is 2.50. The Hall–Kier alpha value is -2.46. The number of rotatable bonds is 17. The summed E-state index contributed by atoms with van der Waals surface area (Å²) in [4.78, 5) is 67.6. The van der Waals surface area contributed by atoms with E-state index in [4.69, 9.17) is 19.5 Å². The van der Waals surface area contributed by atoms with Crippen LogP contribution in [0, 0.1) is 5.41 Å². The maximum atomic E-state index is 12.6. The second kappa shape index (κ2) is 15.4. The maximum Gasteiger partial charge on any atom is 0.481 e. The molecule has 3 heterocycles. The van der Waals surface area contributed by atoms with Gasteiger partial charge in [0.15, 0.2) is 17.7 Å². The molecule has 47 heavy (non-hydrogen) atoms. The van der Waals surface area contributed by atoms with Gasteiger partial charge >= 0.3 is 23.5 Å². The molecule has 1 aliphatic heterocycles. The Morgan fingerprint density at radius 3 is 2.47 bits per heavy atom. The zero-order chi connectivity index (χ0) is 35.4. The van der Waals surface area contributed by atoms with Gasteiger partial charge in [-0.15, -0.1) is 0 Å². The van der Waals surface area contributed by atoms with E-state index in [0.29, 0.717) is 12.1 Å². The number of nitrogen functional groups attached to an aromatic ring is 1. The fourth-order valence-electron chi connectivity index (χ4n) is 4.12. The monoisotopic (exact) mass is 735 g/mol. The Balaban J connectivity index is 1.63. The lowest BCUT2D eigenvalue weighted by atomic mass is 9.87. The molecule has 23 nitrogen and oxygen atoms in total. The third kappa shape index (κ3) is 10.8. The number of aliphatic hydroxyl groups excluding tert-OH is 2. The average Bonchev–Trinajstić information content (AvgIpc) is 3.51. The lowest BCUT2D eigenvalue weighted by molar-refractivity contribution is -0.136. The van der Waals surface area contributed by atoms with E-state index in [0.717, 1.165) is 17.2 Å². The molecule has 0 bridgehead atoms. The summed E-state index contributed by atoms with van der Waals surface area (Å²) in [6.45, 7) is 2.42. The number of carbonyl (C=O) groups excluding carboxylic acids is 1. The number of nitrogens with one attached hydrogen (secondary N) is 1. The third-order valence-corrected chi connectivity index (χ3v) is 9.56. The highest BCUT2D eigenvalue weighted by molar-refractivity contribution is 7.61. The van der Waals surface area contributed by atoms with Crippen LogP contribution >= 0.6 is 23.5 Å². The number of nitrogens with two attached hydrogens (primary N) is 1. The molecule has 1 saturated heterocycles. The van der Waals surface area contributed by atoms with Gasteiger partial charge in [-0.1, -0.05) is 19.0 Å². The summed E-state index contributed by atoms with van der Waals surface area (Å²) in [5.74, 6) is -0.879. The molecule has 0 spiro atoms. The van der Waals surface area contributed by atoms with Crippen LogP contribution in [0.4, 0.5) is 5.82 Å². The molecule has 26 heteroatoms. The molecule has 1 amide bonds. The number of ether oxygens (including phenoxy) is 1. The lowest BCUT2D eigenvalue weighted by Crippen LogP contribution is -2.46. The molecular weight excluding hydrogens is 699 g/mol. The van der Waals surface area contributed by atoms with Crippen LogP contribution in [0.15, 0.2) is 17.8 Å². The number of carbonyl (C=O) groups is 1. The normalized spacial score (nSPS) is 24.1. The second-order valence-electron chi connectivity index (χ2n) is 10.7. The molecular formula is C21H36N7O16P3. The first-order valence-electron chi connectivity index (χ1n) is 13.4. The first-order valence-corrected chi connectivity index (χ1v) is 17.9. The number of amides is 1. The number of imidazole rings is 1. The SMILES string of the molecule is CO/N=C(\C)CCNC(=O)C(O)C(C)(C)COP(=O)(O)OP(=O)(O)OCC1OC(n2cnc3c(N)ncnc32)C(O)C1OP(=O)(O)O. The van der Waals surface area contributed by atoms with Crippen LogP contribution < -0.4 is 11.1 Å². The summed E-state index contributed by atoms with van der Waals surface area (Å²) in [5.41, 5.74) is 4.94. The van der Waals surface area contributed by atoms with Crippen LogP contribution in [-0.2, 0) is 45.9 Å². The minimum Gasteiger partial charge on any atom is -0.399 e. The first-order chi connectivity index (χ1) is 21.7. The molecule has 3 rings (SSSR count). The number of aromatic nitrogens is 4. The number of phosphoric ester groups is 3. The van der Waals surface area contributed by atoms with Gasteiger partial charge in [-0.2, -0.15) is 4.31 Å². The van der Waals surface area contributed by atoms with Crippen LogP contribution in [0.5, 0.6) is 0 Å². The van der Waals surface area contributed by atoms with Gasteiger partial charge in [0.25, 0.3) is 0 Å². The summed E-state index contributed by atoms with van der Waals surface area (Å²) in [6, 6.07) is 0. The first kappa shape index (κ1) is 39.0.